The average molecular weight is 380 g/mol. The fourth-order valence-electron chi connectivity index (χ4n) is 3.16. The lowest BCUT2D eigenvalue weighted by Crippen LogP contribution is -2.42. The molecule has 9 heteroatoms. The molecule has 0 radical (unpaired) electrons. The van der Waals surface area contributed by atoms with Crippen molar-refractivity contribution in [1.82, 2.24) is 19.9 Å². The Kier molecular flexibility index (Phi) is 5.29. The van der Waals surface area contributed by atoms with E-state index >= 15 is 0 Å². The molecule has 6 nitrogen and oxygen atoms in total. The first kappa shape index (κ1) is 19.1. The smallest absolute Gasteiger partial charge is 0.336 e. The van der Waals surface area contributed by atoms with Crippen molar-refractivity contribution >= 4 is 11.7 Å². The Bertz CT molecular complexity index is 847. The lowest BCUT2D eigenvalue weighted by molar-refractivity contribution is -0.137. The third-order valence-electron chi connectivity index (χ3n) is 4.64. The van der Waals surface area contributed by atoms with Crippen molar-refractivity contribution < 1.29 is 22.8 Å². The second-order valence-electron chi connectivity index (χ2n) is 6.70. The summed E-state index contributed by atoms with van der Waals surface area (Å²) in [4.78, 5) is 25.7. The minimum atomic E-state index is -4.42. The molecule has 1 aliphatic rings. The maximum absolute atomic E-state index is 12.8. The van der Waals surface area contributed by atoms with Crippen molar-refractivity contribution in [1.29, 1.82) is 0 Å². The van der Waals surface area contributed by atoms with Crippen molar-refractivity contribution in [2.75, 3.05) is 13.1 Å². The fraction of sp³-hybridized carbons (Fsp3) is 0.444. The Morgan fingerprint density at radius 2 is 2.07 bits per heavy atom. The van der Waals surface area contributed by atoms with Gasteiger partial charge in [0.25, 0.3) is 5.91 Å². The highest BCUT2D eigenvalue weighted by Gasteiger charge is 2.30. The highest BCUT2D eigenvalue weighted by atomic mass is 19.4. The number of nitrogens with zero attached hydrogens (tertiary/aromatic N) is 4. The zero-order valence-corrected chi connectivity index (χ0v) is 14.7. The van der Waals surface area contributed by atoms with Crippen LogP contribution in [0.3, 0.4) is 0 Å². The molecule has 1 atom stereocenters. The summed E-state index contributed by atoms with van der Waals surface area (Å²) < 4.78 is 39.7. The number of carbonyl (C=O) groups excluding carboxylic acids is 2. The molecule has 1 aromatic heterocycles. The predicted molar refractivity (Wildman–Crippen MR) is 89.9 cm³/mol. The molecule has 0 bridgehead atoms. The zero-order valence-electron chi connectivity index (χ0n) is 14.7. The highest BCUT2D eigenvalue weighted by Crippen LogP contribution is 2.29. The van der Waals surface area contributed by atoms with Crippen LogP contribution >= 0.6 is 0 Å². The SMILES string of the molecule is CC(=O)[C@@H]1CCCN(C(=O)c2cn(Cc3cccc(C(F)(F)F)c3)nn2)C1. The molecular weight excluding hydrogens is 361 g/mol. The molecule has 0 spiro atoms. The molecular formula is C18H19F3N4O2. The van der Waals surface area contributed by atoms with Gasteiger partial charge in [-0.05, 0) is 37.5 Å². The predicted octanol–water partition coefficient (Wildman–Crippen LogP) is 2.79. The molecule has 0 unspecified atom stereocenters. The summed E-state index contributed by atoms with van der Waals surface area (Å²) in [6.45, 7) is 2.49. The first-order valence-electron chi connectivity index (χ1n) is 8.60. The molecule has 2 heterocycles. The summed E-state index contributed by atoms with van der Waals surface area (Å²) in [5.74, 6) is -0.431. The maximum atomic E-state index is 12.8. The van der Waals surface area contributed by atoms with E-state index in [2.05, 4.69) is 10.3 Å². The molecule has 27 heavy (non-hydrogen) atoms. The first-order chi connectivity index (χ1) is 12.7. The summed E-state index contributed by atoms with van der Waals surface area (Å²) in [7, 11) is 0. The minimum absolute atomic E-state index is 0.0562. The van der Waals surface area contributed by atoms with Gasteiger partial charge in [-0.3, -0.25) is 9.59 Å². The monoisotopic (exact) mass is 380 g/mol. The highest BCUT2D eigenvalue weighted by molar-refractivity contribution is 5.92. The lowest BCUT2D eigenvalue weighted by Gasteiger charge is -2.30. The van der Waals surface area contributed by atoms with Crippen LogP contribution in [0.1, 0.15) is 41.4 Å². The van der Waals surface area contributed by atoms with E-state index in [0.717, 1.165) is 25.0 Å². The van der Waals surface area contributed by atoms with E-state index in [9.17, 15) is 22.8 Å². The molecule has 0 N–H and O–H groups in total. The van der Waals surface area contributed by atoms with Crippen LogP contribution in [0, 0.1) is 5.92 Å². The van der Waals surface area contributed by atoms with Crippen LogP contribution in [-0.2, 0) is 17.5 Å². The standard InChI is InChI=1S/C18H19F3N4O2/c1-12(26)14-5-3-7-24(10-14)17(27)16-11-25(23-22-16)9-13-4-2-6-15(8-13)18(19,20)21/h2,4,6,8,11,14H,3,5,7,9-10H2,1H3/t14-/m1/s1. The van der Waals surface area contributed by atoms with Crippen LogP contribution in [0.4, 0.5) is 13.2 Å². The van der Waals surface area contributed by atoms with E-state index in [1.807, 2.05) is 0 Å². The number of rotatable bonds is 4. The van der Waals surface area contributed by atoms with E-state index in [1.54, 1.807) is 11.0 Å². The first-order valence-corrected chi connectivity index (χ1v) is 8.60. The summed E-state index contributed by atoms with van der Waals surface area (Å²) in [6.07, 6.45) is -1.49. The topological polar surface area (TPSA) is 68.1 Å². The molecule has 1 amide bonds. The van der Waals surface area contributed by atoms with Gasteiger partial charge in [-0.1, -0.05) is 17.3 Å². The van der Waals surface area contributed by atoms with Gasteiger partial charge >= 0.3 is 6.18 Å². The van der Waals surface area contributed by atoms with Crippen LogP contribution in [-0.4, -0.2) is 44.7 Å². The number of amides is 1. The number of carbonyl (C=O) groups is 2. The third kappa shape index (κ3) is 4.53. The normalized spacial score (nSPS) is 17.8. The Labute approximate surface area is 154 Å². The van der Waals surface area contributed by atoms with Gasteiger partial charge in [0.1, 0.15) is 5.78 Å². The van der Waals surface area contributed by atoms with Gasteiger partial charge in [0.15, 0.2) is 5.69 Å². The van der Waals surface area contributed by atoms with Crippen molar-refractivity contribution in [3.8, 4) is 0 Å². The Balaban J connectivity index is 1.70. The van der Waals surface area contributed by atoms with Crippen LogP contribution in [0.15, 0.2) is 30.5 Å². The number of ketones is 1. The van der Waals surface area contributed by atoms with Gasteiger partial charge in [0.05, 0.1) is 18.3 Å². The molecule has 1 saturated heterocycles. The Morgan fingerprint density at radius 1 is 1.30 bits per heavy atom. The van der Waals surface area contributed by atoms with Gasteiger partial charge in [-0.25, -0.2) is 4.68 Å². The number of likely N-dealkylation sites (tertiary alicyclic amines) is 1. The largest absolute Gasteiger partial charge is 0.416 e. The number of Topliss-reactive ketones (excluding diaryl/α,β-unsaturated/α-hetero) is 1. The van der Waals surface area contributed by atoms with Gasteiger partial charge < -0.3 is 4.90 Å². The molecule has 3 rings (SSSR count). The van der Waals surface area contributed by atoms with E-state index in [0.29, 0.717) is 18.7 Å². The van der Waals surface area contributed by atoms with Gasteiger partial charge in [0, 0.05) is 19.0 Å². The van der Waals surface area contributed by atoms with Crippen molar-refractivity contribution in [3.63, 3.8) is 0 Å². The average Bonchev–Trinajstić information content (AvgIpc) is 3.09. The second-order valence-corrected chi connectivity index (χ2v) is 6.70. The van der Waals surface area contributed by atoms with Crippen molar-refractivity contribution in [2.24, 2.45) is 5.92 Å². The number of hydrogen-bond donors (Lipinski definition) is 0. The lowest BCUT2D eigenvalue weighted by atomic mass is 9.94. The van der Waals surface area contributed by atoms with Gasteiger partial charge in [-0.15, -0.1) is 5.10 Å². The number of benzene rings is 1. The second kappa shape index (κ2) is 7.50. The minimum Gasteiger partial charge on any atom is -0.336 e. The molecule has 144 valence electrons. The van der Waals surface area contributed by atoms with Gasteiger partial charge in [0.2, 0.25) is 0 Å². The molecule has 0 saturated carbocycles. The van der Waals surface area contributed by atoms with Crippen LogP contribution in [0.25, 0.3) is 0 Å². The number of alkyl halides is 3. The Morgan fingerprint density at radius 3 is 2.78 bits per heavy atom. The van der Waals surface area contributed by atoms with Crippen LogP contribution in [0.5, 0.6) is 0 Å². The van der Waals surface area contributed by atoms with Crippen LogP contribution in [0.2, 0.25) is 0 Å². The number of hydrogen-bond acceptors (Lipinski definition) is 4. The van der Waals surface area contributed by atoms with Crippen molar-refractivity contribution in [3.05, 3.63) is 47.3 Å². The van der Waals surface area contributed by atoms with Crippen LogP contribution < -0.4 is 0 Å². The van der Waals surface area contributed by atoms with Crippen molar-refractivity contribution in [2.45, 2.75) is 32.5 Å². The number of halogens is 3. The fourth-order valence-corrected chi connectivity index (χ4v) is 3.16. The molecule has 1 aliphatic heterocycles. The Hall–Kier alpha value is -2.71. The molecule has 1 fully saturated rings. The zero-order chi connectivity index (χ0) is 19.6. The summed E-state index contributed by atoms with van der Waals surface area (Å²) in [5, 5.41) is 7.69. The van der Waals surface area contributed by atoms with E-state index in [1.165, 1.54) is 23.9 Å². The molecule has 2 aromatic rings. The summed E-state index contributed by atoms with van der Waals surface area (Å²) >= 11 is 0. The van der Waals surface area contributed by atoms with E-state index in [-0.39, 0.29) is 29.8 Å². The summed E-state index contributed by atoms with van der Waals surface area (Å²) in [6, 6.07) is 4.93. The molecule has 1 aromatic carbocycles. The number of aromatic nitrogens is 3. The maximum Gasteiger partial charge on any atom is 0.416 e. The number of piperidine rings is 1. The van der Waals surface area contributed by atoms with Gasteiger partial charge in [-0.2, -0.15) is 13.2 Å². The molecule has 0 aliphatic carbocycles. The summed E-state index contributed by atoms with van der Waals surface area (Å²) in [5.41, 5.74) is -0.213. The third-order valence-corrected chi connectivity index (χ3v) is 4.64. The quantitative estimate of drug-likeness (QED) is 0.818. The van der Waals surface area contributed by atoms with E-state index in [4.69, 9.17) is 0 Å². The van der Waals surface area contributed by atoms with E-state index < -0.39 is 11.7 Å².